The largest absolute Gasteiger partial charge is 0.367 e. The van der Waals surface area contributed by atoms with Gasteiger partial charge in [0, 0.05) is 31.8 Å². The van der Waals surface area contributed by atoms with Gasteiger partial charge in [-0.25, -0.2) is 4.99 Å². The Morgan fingerprint density at radius 3 is 2.18 bits per heavy atom. The minimum Gasteiger partial charge on any atom is -0.367 e. The third-order valence-corrected chi connectivity index (χ3v) is 3.52. The summed E-state index contributed by atoms with van der Waals surface area (Å²) in [6, 6.07) is 15.7. The first-order valence-electron chi connectivity index (χ1n) is 6.59. The Balaban J connectivity index is 2.44. The lowest BCUT2D eigenvalue weighted by molar-refractivity contribution is -0.384. The zero-order chi connectivity index (χ0) is 16.1. The van der Waals surface area contributed by atoms with Crippen molar-refractivity contribution in [2.45, 2.75) is 0 Å². The van der Waals surface area contributed by atoms with Crippen molar-refractivity contribution in [3.05, 3.63) is 70.3 Å². The molecule has 0 aromatic heterocycles. The van der Waals surface area contributed by atoms with Crippen molar-refractivity contribution < 1.29 is 4.92 Å². The second-order valence-corrected chi connectivity index (χ2v) is 5.19. The highest BCUT2D eigenvalue weighted by Gasteiger charge is 2.12. The zero-order valence-electron chi connectivity index (χ0n) is 12.3. The van der Waals surface area contributed by atoms with Crippen LogP contribution < -0.4 is 0 Å². The smallest absolute Gasteiger partial charge is 0.269 e. The highest BCUT2D eigenvalue weighted by atomic mass is 32.1. The maximum absolute atomic E-state index is 10.7. The molecule has 0 spiro atoms. The van der Waals surface area contributed by atoms with Crippen LogP contribution in [0.1, 0.15) is 5.56 Å². The summed E-state index contributed by atoms with van der Waals surface area (Å²) in [5.74, 6) is 0. The fraction of sp³-hybridized carbons (Fsp3) is 0.125. The number of non-ortho nitro benzene ring substituents is 1. The Hall–Kier alpha value is -2.60. The molecule has 112 valence electrons. The van der Waals surface area contributed by atoms with Crippen molar-refractivity contribution >= 4 is 34.3 Å². The Morgan fingerprint density at radius 1 is 1.09 bits per heavy atom. The summed E-state index contributed by atoms with van der Waals surface area (Å²) in [4.78, 5) is 17.2. The monoisotopic (exact) mass is 313 g/mol. The van der Waals surface area contributed by atoms with E-state index in [9.17, 15) is 10.1 Å². The van der Waals surface area contributed by atoms with Crippen LogP contribution in [0.4, 0.5) is 11.4 Å². The molecule has 0 aliphatic carbocycles. The van der Waals surface area contributed by atoms with Crippen LogP contribution in [-0.2, 0) is 0 Å². The van der Waals surface area contributed by atoms with Crippen LogP contribution in [0, 0.1) is 10.1 Å². The van der Waals surface area contributed by atoms with Gasteiger partial charge in [0.2, 0.25) is 0 Å². The number of likely N-dealkylation sites (N-methyl/N-ethyl adjacent to an activating group) is 1. The molecular formula is C16H15N3O2S. The molecule has 0 unspecified atom stereocenters. The Morgan fingerprint density at radius 2 is 1.68 bits per heavy atom. The predicted octanol–water partition coefficient (Wildman–Crippen LogP) is 3.60. The zero-order valence-corrected chi connectivity index (χ0v) is 13.1. The van der Waals surface area contributed by atoms with Crippen molar-refractivity contribution in [3.63, 3.8) is 0 Å². The number of hydrogen-bond donors (Lipinski definition) is 0. The minimum atomic E-state index is -0.434. The van der Waals surface area contributed by atoms with Crippen molar-refractivity contribution in [1.82, 2.24) is 4.90 Å². The van der Waals surface area contributed by atoms with Gasteiger partial charge in [-0.3, -0.25) is 10.1 Å². The number of nitro benzene ring substituents is 1. The second kappa shape index (κ2) is 6.91. The molecule has 0 fully saturated rings. The normalized spacial score (nSPS) is 11.1. The molecule has 2 aromatic carbocycles. The van der Waals surface area contributed by atoms with Crippen molar-refractivity contribution in [1.29, 1.82) is 0 Å². The van der Waals surface area contributed by atoms with Crippen LogP contribution >= 0.6 is 12.2 Å². The first-order chi connectivity index (χ1) is 10.5. The summed E-state index contributed by atoms with van der Waals surface area (Å²) < 4.78 is 0. The van der Waals surface area contributed by atoms with Crippen LogP contribution in [0.2, 0.25) is 0 Å². The molecular weight excluding hydrogens is 298 g/mol. The Labute approximate surface area is 134 Å². The van der Waals surface area contributed by atoms with E-state index in [0.717, 1.165) is 5.56 Å². The van der Waals surface area contributed by atoms with Crippen molar-refractivity contribution in [2.24, 2.45) is 4.99 Å². The summed E-state index contributed by atoms with van der Waals surface area (Å²) >= 11 is 5.43. The number of nitro groups is 1. The number of thiocarbonyl (C=S) groups is 1. The van der Waals surface area contributed by atoms with Crippen LogP contribution in [0.5, 0.6) is 0 Å². The van der Waals surface area contributed by atoms with Crippen LogP contribution in [0.15, 0.2) is 59.6 Å². The van der Waals surface area contributed by atoms with Gasteiger partial charge in [0.15, 0.2) is 0 Å². The lowest BCUT2D eigenvalue weighted by atomic mass is 10.1. The van der Waals surface area contributed by atoms with E-state index in [1.54, 1.807) is 12.1 Å². The highest BCUT2D eigenvalue weighted by molar-refractivity contribution is 7.82. The van der Waals surface area contributed by atoms with Gasteiger partial charge < -0.3 is 4.90 Å². The molecule has 0 radical (unpaired) electrons. The Bertz CT molecular complexity index is 710. The standard InChI is InChI=1S/C16H15N3O2S/c1-18(2)16(22)15(12-6-4-3-5-7-12)17-13-8-10-14(11-9-13)19(20)21/h3-11H,1-2H3. The molecule has 0 N–H and O–H groups in total. The average Bonchev–Trinajstić information content (AvgIpc) is 2.53. The Kier molecular flexibility index (Phi) is 4.95. The van der Waals surface area contributed by atoms with E-state index >= 15 is 0 Å². The summed E-state index contributed by atoms with van der Waals surface area (Å²) in [7, 11) is 3.72. The number of rotatable bonds is 4. The molecule has 5 nitrogen and oxygen atoms in total. The van der Waals surface area contributed by atoms with E-state index in [2.05, 4.69) is 4.99 Å². The number of hydrogen-bond acceptors (Lipinski definition) is 4. The molecule has 0 saturated carbocycles. The fourth-order valence-corrected chi connectivity index (χ4v) is 1.99. The molecule has 6 heteroatoms. The third kappa shape index (κ3) is 3.73. The SMILES string of the molecule is CN(C)C(=S)C(=Nc1ccc([N+](=O)[O-])cc1)c1ccccc1. The molecule has 0 aliphatic rings. The van der Waals surface area contributed by atoms with Crippen LogP contribution in [-0.4, -0.2) is 34.6 Å². The molecule has 0 aliphatic heterocycles. The number of aliphatic imine (C=N–C) groups is 1. The first kappa shape index (κ1) is 15.8. The van der Waals surface area contributed by atoms with E-state index < -0.39 is 4.92 Å². The summed E-state index contributed by atoms with van der Waals surface area (Å²) in [5.41, 5.74) is 2.22. The third-order valence-electron chi connectivity index (χ3n) is 2.96. The van der Waals surface area contributed by atoms with Gasteiger partial charge in [-0.05, 0) is 12.1 Å². The maximum atomic E-state index is 10.7. The molecule has 0 amide bonds. The van der Waals surface area contributed by atoms with E-state index in [-0.39, 0.29) is 5.69 Å². The number of benzene rings is 2. The van der Waals surface area contributed by atoms with Gasteiger partial charge in [-0.2, -0.15) is 0 Å². The number of nitrogens with zero attached hydrogens (tertiary/aromatic N) is 3. The van der Waals surface area contributed by atoms with Gasteiger partial charge in [0.05, 0.1) is 10.6 Å². The lowest BCUT2D eigenvalue weighted by Crippen LogP contribution is -2.28. The predicted molar refractivity (Wildman–Crippen MR) is 92.0 cm³/mol. The van der Waals surface area contributed by atoms with Crippen molar-refractivity contribution in [3.8, 4) is 0 Å². The van der Waals surface area contributed by atoms with Crippen molar-refractivity contribution in [2.75, 3.05) is 14.1 Å². The van der Waals surface area contributed by atoms with Gasteiger partial charge >= 0.3 is 0 Å². The molecule has 2 aromatic rings. The summed E-state index contributed by atoms with van der Waals surface area (Å²) in [5, 5.41) is 10.7. The van der Waals surface area contributed by atoms with E-state index in [4.69, 9.17) is 12.2 Å². The molecule has 0 saturated heterocycles. The van der Waals surface area contributed by atoms with E-state index in [1.165, 1.54) is 12.1 Å². The minimum absolute atomic E-state index is 0.0374. The summed E-state index contributed by atoms with van der Waals surface area (Å²) in [6.45, 7) is 0. The lowest BCUT2D eigenvalue weighted by Gasteiger charge is -2.16. The van der Waals surface area contributed by atoms with Crippen LogP contribution in [0.3, 0.4) is 0 Å². The maximum Gasteiger partial charge on any atom is 0.269 e. The first-order valence-corrected chi connectivity index (χ1v) is 7.00. The molecule has 22 heavy (non-hydrogen) atoms. The summed E-state index contributed by atoms with van der Waals surface area (Å²) in [6.07, 6.45) is 0. The van der Waals surface area contributed by atoms with Gasteiger partial charge in [0.1, 0.15) is 10.7 Å². The highest BCUT2D eigenvalue weighted by Crippen LogP contribution is 2.20. The molecule has 0 atom stereocenters. The van der Waals surface area contributed by atoms with Gasteiger partial charge in [-0.1, -0.05) is 42.5 Å². The van der Waals surface area contributed by atoms with E-state index in [0.29, 0.717) is 16.4 Å². The quantitative estimate of drug-likeness (QED) is 0.374. The topological polar surface area (TPSA) is 58.7 Å². The molecule has 0 heterocycles. The van der Waals surface area contributed by atoms with Crippen LogP contribution in [0.25, 0.3) is 0 Å². The average molecular weight is 313 g/mol. The van der Waals surface area contributed by atoms with Gasteiger partial charge in [0.25, 0.3) is 5.69 Å². The fourth-order valence-electron chi connectivity index (χ4n) is 1.82. The van der Waals surface area contributed by atoms with E-state index in [1.807, 2.05) is 49.3 Å². The molecule has 2 rings (SSSR count). The second-order valence-electron chi connectivity index (χ2n) is 4.80. The molecule has 0 bridgehead atoms. The van der Waals surface area contributed by atoms with Gasteiger partial charge in [-0.15, -0.1) is 0 Å².